The fourth-order valence-electron chi connectivity index (χ4n) is 1.98. The van der Waals surface area contributed by atoms with Gasteiger partial charge in [-0.3, -0.25) is 0 Å². The van der Waals surface area contributed by atoms with Crippen LogP contribution in [0.4, 0.5) is 13.2 Å². The molecule has 0 bridgehead atoms. The van der Waals surface area contributed by atoms with E-state index in [0.29, 0.717) is 11.1 Å². The van der Waals surface area contributed by atoms with Gasteiger partial charge in [-0.1, -0.05) is 29.8 Å². The number of hydrogen-bond acceptors (Lipinski definition) is 3. The van der Waals surface area contributed by atoms with Gasteiger partial charge in [-0.25, -0.2) is 0 Å². The highest BCUT2D eigenvalue weighted by molar-refractivity contribution is 5.85. The number of ether oxygens (including phenoxy) is 1. The van der Waals surface area contributed by atoms with Crippen LogP contribution in [0, 0.1) is 6.92 Å². The van der Waals surface area contributed by atoms with E-state index in [2.05, 4.69) is 4.74 Å². The van der Waals surface area contributed by atoms with Crippen LogP contribution in [-0.4, -0.2) is 11.5 Å². The summed E-state index contributed by atoms with van der Waals surface area (Å²) in [5.41, 5.74) is 8.05. The van der Waals surface area contributed by atoms with E-state index in [-0.39, 0.29) is 23.9 Å². The minimum atomic E-state index is -4.72. The first kappa shape index (κ1) is 18.1. The zero-order valence-corrected chi connectivity index (χ0v) is 12.4. The van der Waals surface area contributed by atoms with Crippen molar-refractivity contribution in [3.63, 3.8) is 0 Å². The molecule has 0 radical (unpaired) electrons. The highest BCUT2D eigenvalue weighted by Gasteiger charge is 2.31. The summed E-state index contributed by atoms with van der Waals surface area (Å²) in [6.07, 6.45) is -4.72. The van der Waals surface area contributed by atoms with E-state index in [0.717, 1.165) is 5.56 Å². The number of aromatic hydroxyl groups is 1. The number of alkyl halides is 3. The van der Waals surface area contributed by atoms with Crippen LogP contribution >= 0.6 is 12.4 Å². The zero-order valence-electron chi connectivity index (χ0n) is 11.6. The first-order valence-electron chi connectivity index (χ1n) is 6.17. The molecule has 0 amide bonds. The fourth-order valence-corrected chi connectivity index (χ4v) is 1.98. The predicted octanol–water partition coefficient (Wildman–Crippen LogP) is 4.07. The Morgan fingerprint density at radius 1 is 1.09 bits per heavy atom. The molecular weight excluding hydrogens is 319 g/mol. The molecule has 0 spiro atoms. The SMILES string of the molecule is Cc1ccc(O)c([C@@H](N)c2ccc(OC(F)(F)F)cc2)c1.Cl. The summed E-state index contributed by atoms with van der Waals surface area (Å²) in [5, 5.41) is 9.82. The van der Waals surface area contributed by atoms with Gasteiger partial charge in [0.1, 0.15) is 11.5 Å². The molecule has 0 aromatic heterocycles. The van der Waals surface area contributed by atoms with Crippen molar-refractivity contribution in [2.24, 2.45) is 5.73 Å². The number of aryl methyl sites for hydroxylation is 1. The van der Waals surface area contributed by atoms with Crippen LogP contribution in [0.5, 0.6) is 11.5 Å². The second-order valence-corrected chi connectivity index (χ2v) is 4.66. The summed E-state index contributed by atoms with van der Waals surface area (Å²) in [4.78, 5) is 0. The van der Waals surface area contributed by atoms with E-state index in [1.165, 1.54) is 30.3 Å². The van der Waals surface area contributed by atoms with Crippen molar-refractivity contribution < 1.29 is 23.0 Å². The minimum Gasteiger partial charge on any atom is -0.508 e. The molecule has 3 nitrogen and oxygen atoms in total. The van der Waals surface area contributed by atoms with Crippen molar-refractivity contribution >= 4 is 12.4 Å². The van der Waals surface area contributed by atoms with E-state index < -0.39 is 12.4 Å². The van der Waals surface area contributed by atoms with Crippen molar-refractivity contribution in [3.05, 3.63) is 59.2 Å². The second-order valence-electron chi connectivity index (χ2n) is 4.66. The topological polar surface area (TPSA) is 55.5 Å². The number of rotatable bonds is 3. The third-order valence-electron chi connectivity index (χ3n) is 2.99. The second kappa shape index (κ2) is 6.89. The van der Waals surface area contributed by atoms with Gasteiger partial charge in [0.05, 0.1) is 6.04 Å². The molecule has 7 heteroatoms. The van der Waals surface area contributed by atoms with E-state index >= 15 is 0 Å². The first-order valence-corrected chi connectivity index (χ1v) is 6.17. The number of phenolic OH excluding ortho intramolecular Hbond substituents is 1. The molecule has 0 saturated heterocycles. The maximum Gasteiger partial charge on any atom is 0.573 e. The van der Waals surface area contributed by atoms with E-state index in [1.807, 2.05) is 6.92 Å². The van der Waals surface area contributed by atoms with Gasteiger partial charge in [0.15, 0.2) is 0 Å². The number of phenols is 1. The van der Waals surface area contributed by atoms with Crippen LogP contribution in [0.2, 0.25) is 0 Å². The minimum absolute atomic E-state index is 0. The lowest BCUT2D eigenvalue weighted by Gasteiger charge is -2.16. The summed E-state index contributed by atoms with van der Waals surface area (Å²) >= 11 is 0. The molecule has 2 aromatic rings. The molecular formula is C15H15ClF3NO2. The number of hydrogen-bond donors (Lipinski definition) is 2. The lowest BCUT2D eigenvalue weighted by molar-refractivity contribution is -0.274. The third kappa shape index (κ3) is 4.54. The molecule has 2 aromatic carbocycles. The lowest BCUT2D eigenvalue weighted by atomic mass is 9.97. The van der Waals surface area contributed by atoms with Crippen molar-refractivity contribution in [3.8, 4) is 11.5 Å². The van der Waals surface area contributed by atoms with Gasteiger partial charge in [0, 0.05) is 5.56 Å². The van der Waals surface area contributed by atoms with Gasteiger partial charge < -0.3 is 15.6 Å². The Balaban J connectivity index is 0.00000242. The largest absolute Gasteiger partial charge is 0.573 e. The Hall–Kier alpha value is -1.92. The molecule has 0 aliphatic carbocycles. The molecule has 120 valence electrons. The molecule has 0 unspecified atom stereocenters. The van der Waals surface area contributed by atoms with Crippen molar-refractivity contribution in [2.45, 2.75) is 19.3 Å². The van der Waals surface area contributed by atoms with E-state index in [9.17, 15) is 18.3 Å². The summed E-state index contributed by atoms with van der Waals surface area (Å²) in [5.74, 6) is -0.268. The Morgan fingerprint density at radius 2 is 1.68 bits per heavy atom. The van der Waals surface area contributed by atoms with Crippen LogP contribution in [0.1, 0.15) is 22.7 Å². The Labute approximate surface area is 131 Å². The maximum atomic E-state index is 12.1. The van der Waals surface area contributed by atoms with E-state index in [4.69, 9.17) is 5.73 Å². The number of nitrogens with two attached hydrogens (primary N) is 1. The molecule has 0 aliphatic rings. The molecule has 0 fully saturated rings. The number of halogens is 4. The Bertz CT molecular complexity index is 630. The predicted molar refractivity (Wildman–Crippen MR) is 79.2 cm³/mol. The van der Waals surface area contributed by atoms with Gasteiger partial charge >= 0.3 is 6.36 Å². The molecule has 1 atom stereocenters. The monoisotopic (exact) mass is 333 g/mol. The Morgan fingerprint density at radius 3 is 2.23 bits per heavy atom. The molecule has 0 heterocycles. The molecule has 22 heavy (non-hydrogen) atoms. The maximum absolute atomic E-state index is 12.1. The zero-order chi connectivity index (χ0) is 15.6. The highest BCUT2D eigenvalue weighted by Crippen LogP contribution is 2.30. The van der Waals surface area contributed by atoms with Crippen molar-refractivity contribution in [2.75, 3.05) is 0 Å². The standard InChI is InChI=1S/C15H14F3NO2.ClH/c1-9-2-7-13(20)12(8-9)14(19)10-3-5-11(6-4-10)21-15(16,17)18;/h2-8,14,20H,19H2,1H3;1H/t14-;/m0./s1. The Kier molecular flexibility index (Phi) is 5.68. The number of benzene rings is 2. The average molecular weight is 334 g/mol. The summed E-state index contributed by atoms with van der Waals surface area (Å²) < 4.78 is 40.0. The average Bonchev–Trinajstić information content (AvgIpc) is 2.40. The molecule has 2 rings (SSSR count). The van der Waals surface area contributed by atoms with Gasteiger partial charge in [0.25, 0.3) is 0 Å². The van der Waals surface area contributed by atoms with Crippen LogP contribution in [-0.2, 0) is 0 Å². The van der Waals surface area contributed by atoms with Crippen molar-refractivity contribution in [1.82, 2.24) is 0 Å². The molecule has 3 N–H and O–H groups in total. The normalized spacial score (nSPS) is 12.4. The molecule has 0 aliphatic heterocycles. The first-order chi connectivity index (χ1) is 9.76. The van der Waals surface area contributed by atoms with Crippen LogP contribution in [0.15, 0.2) is 42.5 Å². The van der Waals surface area contributed by atoms with Crippen LogP contribution < -0.4 is 10.5 Å². The lowest BCUT2D eigenvalue weighted by Crippen LogP contribution is -2.17. The fraction of sp³-hybridized carbons (Fsp3) is 0.200. The van der Waals surface area contributed by atoms with E-state index in [1.54, 1.807) is 12.1 Å². The smallest absolute Gasteiger partial charge is 0.508 e. The van der Waals surface area contributed by atoms with Crippen LogP contribution in [0.25, 0.3) is 0 Å². The highest BCUT2D eigenvalue weighted by atomic mass is 35.5. The van der Waals surface area contributed by atoms with Gasteiger partial charge in [-0.15, -0.1) is 25.6 Å². The van der Waals surface area contributed by atoms with Gasteiger partial charge in [-0.2, -0.15) is 0 Å². The third-order valence-corrected chi connectivity index (χ3v) is 2.99. The van der Waals surface area contributed by atoms with Crippen LogP contribution in [0.3, 0.4) is 0 Å². The van der Waals surface area contributed by atoms with Gasteiger partial charge in [-0.05, 0) is 30.7 Å². The molecule has 0 saturated carbocycles. The summed E-state index contributed by atoms with van der Waals surface area (Å²) in [7, 11) is 0. The quantitative estimate of drug-likeness (QED) is 0.890. The summed E-state index contributed by atoms with van der Waals surface area (Å²) in [6, 6.07) is 9.63. The van der Waals surface area contributed by atoms with Gasteiger partial charge in [0.2, 0.25) is 0 Å². The summed E-state index contributed by atoms with van der Waals surface area (Å²) in [6.45, 7) is 1.86. The van der Waals surface area contributed by atoms with Crippen molar-refractivity contribution in [1.29, 1.82) is 0 Å².